The van der Waals surface area contributed by atoms with Crippen LogP contribution in [0.5, 0.6) is 0 Å². The van der Waals surface area contributed by atoms with Gasteiger partial charge in [0.05, 0.1) is 12.1 Å². The third-order valence-electron chi connectivity index (χ3n) is 4.96. The van der Waals surface area contributed by atoms with Crippen LogP contribution in [0.4, 0.5) is 0 Å². The topological polar surface area (TPSA) is 54.3 Å². The van der Waals surface area contributed by atoms with Gasteiger partial charge >= 0.3 is 0 Å². The summed E-state index contributed by atoms with van der Waals surface area (Å²) in [5.74, 6) is 0.0167. The van der Waals surface area contributed by atoms with Gasteiger partial charge in [-0.25, -0.2) is 0 Å². The molecule has 1 fully saturated rings. The van der Waals surface area contributed by atoms with Gasteiger partial charge in [-0.15, -0.1) is 11.3 Å². The molecule has 2 atom stereocenters. The Hall–Kier alpha value is -2.08. The van der Waals surface area contributed by atoms with E-state index >= 15 is 0 Å². The number of nitrogens with zero attached hydrogens (tertiary/aromatic N) is 2. The van der Waals surface area contributed by atoms with Gasteiger partial charge < -0.3 is 14.8 Å². The lowest BCUT2D eigenvalue weighted by atomic mass is 9.99. The van der Waals surface area contributed by atoms with Crippen LogP contribution in [0.2, 0.25) is 0 Å². The molecule has 1 aliphatic rings. The van der Waals surface area contributed by atoms with Crippen LogP contribution < -0.4 is 5.32 Å². The lowest BCUT2D eigenvalue weighted by Gasteiger charge is -2.35. The molecule has 1 N–H and O–H groups in total. The second-order valence-electron chi connectivity index (χ2n) is 6.64. The van der Waals surface area contributed by atoms with E-state index in [1.807, 2.05) is 53.1 Å². The maximum absolute atomic E-state index is 12.7. The molecule has 2 aromatic heterocycles. The first-order chi connectivity index (χ1) is 12.0. The fourth-order valence-electron chi connectivity index (χ4n) is 3.58. The third-order valence-corrected chi connectivity index (χ3v) is 6.01. The molecule has 0 radical (unpaired) electrons. The highest BCUT2D eigenvalue weighted by Gasteiger charge is 2.29. The lowest BCUT2D eigenvalue weighted by Crippen LogP contribution is -2.38. The molecule has 2 amide bonds. The van der Waals surface area contributed by atoms with Gasteiger partial charge in [-0.1, -0.05) is 6.07 Å². The van der Waals surface area contributed by atoms with Gasteiger partial charge in [0, 0.05) is 31.1 Å². The number of carbonyl (C=O) groups excluding carboxylic acids is 2. The maximum atomic E-state index is 12.7. The Morgan fingerprint density at radius 2 is 2.08 bits per heavy atom. The summed E-state index contributed by atoms with van der Waals surface area (Å²) in [5, 5.41) is 5.07. The molecule has 0 aromatic carbocycles. The highest BCUT2D eigenvalue weighted by Crippen LogP contribution is 2.32. The Labute approximate surface area is 152 Å². The zero-order valence-corrected chi connectivity index (χ0v) is 15.8. The van der Waals surface area contributed by atoms with Crippen LogP contribution in [0, 0.1) is 0 Å². The molecule has 0 saturated carbocycles. The molecule has 5 nitrogen and oxygen atoms in total. The van der Waals surface area contributed by atoms with Crippen LogP contribution in [0.1, 0.15) is 66.3 Å². The predicted octanol–water partition coefficient (Wildman–Crippen LogP) is 3.65. The number of nitrogens with one attached hydrogen (secondary N) is 1. The molecule has 2 aromatic rings. The summed E-state index contributed by atoms with van der Waals surface area (Å²) in [6, 6.07) is 7.90. The molecule has 3 rings (SSSR count). The van der Waals surface area contributed by atoms with Crippen molar-refractivity contribution in [2.45, 2.75) is 45.2 Å². The molecule has 0 unspecified atom stereocenters. The molecule has 25 heavy (non-hydrogen) atoms. The van der Waals surface area contributed by atoms with Crippen LogP contribution in [-0.2, 0) is 11.8 Å². The van der Waals surface area contributed by atoms with Gasteiger partial charge in [-0.05, 0) is 49.8 Å². The van der Waals surface area contributed by atoms with Gasteiger partial charge in [0.15, 0.2) is 0 Å². The van der Waals surface area contributed by atoms with E-state index in [0.717, 1.165) is 36.4 Å². The molecular weight excluding hydrogens is 334 g/mol. The van der Waals surface area contributed by atoms with E-state index < -0.39 is 0 Å². The van der Waals surface area contributed by atoms with Gasteiger partial charge in [0.2, 0.25) is 5.91 Å². The Morgan fingerprint density at radius 1 is 1.28 bits per heavy atom. The first kappa shape index (κ1) is 17.7. The number of rotatable bonds is 4. The maximum Gasteiger partial charge on any atom is 0.268 e. The lowest BCUT2D eigenvalue weighted by molar-refractivity contribution is -0.132. The van der Waals surface area contributed by atoms with Crippen molar-refractivity contribution in [1.29, 1.82) is 0 Å². The number of thiophene rings is 1. The van der Waals surface area contributed by atoms with Crippen molar-refractivity contribution in [2.24, 2.45) is 7.05 Å². The zero-order chi connectivity index (χ0) is 18.0. The van der Waals surface area contributed by atoms with Crippen LogP contribution in [0.3, 0.4) is 0 Å². The highest BCUT2D eigenvalue weighted by atomic mass is 32.1. The van der Waals surface area contributed by atoms with E-state index in [4.69, 9.17) is 0 Å². The summed E-state index contributed by atoms with van der Waals surface area (Å²) in [6.07, 6.45) is 3.10. The van der Waals surface area contributed by atoms with E-state index in [1.165, 1.54) is 0 Å². The largest absolute Gasteiger partial charge is 0.343 e. The first-order valence-electron chi connectivity index (χ1n) is 8.76. The minimum atomic E-state index is -0.0835. The first-order valence-corrected chi connectivity index (χ1v) is 9.64. The smallest absolute Gasteiger partial charge is 0.268 e. The van der Waals surface area contributed by atoms with E-state index in [0.29, 0.717) is 5.69 Å². The number of piperidine rings is 1. The van der Waals surface area contributed by atoms with Gasteiger partial charge in [-0.3, -0.25) is 9.59 Å². The van der Waals surface area contributed by atoms with Gasteiger partial charge in [0.25, 0.3) is 5.91 Å². The molecule has 1 saturated heterocycles. The zero-order valence-electron chi connectivity index (χ0n) is 15.0. The molecular formula is C19H25N3O2S. The highest BCUT2D eigenvalue weighted by molar-refractivity contribution is 7.10. The predicted molar refractivity (Wildman–Crippen MR) is 99.6 cm³/mol. The second kappa shape index (κ2) is 7.44. The Kier molecular flexibility index (Phi) is 5.27. The Morgan fingerprint density at radius 3 is 2.76 bits per heavy atom. The summed E-state index contributed by atoms with van der Waals surface area (Å²) < 4.78 is 1.93. The normalized spacial score (nSPS) is 18.8. The van der Waals surface area contributed by atoms with Crippen molar-refractivity contribution in [3.05, 3.63) is 45.9 Å². The molecule has 0 spiro atoms. The summed E-state index contributed by atoms with van der Waals surface area (Å²) in [4.78, 5) is 27.7. The van der Waals surface area contributed by atoms with Crippen molar-refractivity contribution >= 4 is 23.2 Å². The van der Waals surface area contributed by atoms with Gasteiger partial charge in [-0.2, -0.15) is 0 Å². The van der Waals surface area contributed by atoms with E-state index in [2.05, 4.69) is 5.32 Å². The van der Waals surface area contributed by atoms with Crippen molar-refractivity contribution in [3.63, 3.8) is 0 Å². The molecule has 6 heteroatoms. The summed E-state index contributed by atoms with van der Waals surface area (Å²) >= 11 is 1.64. The number of likely N-dealkylation sites (tertiary alicyclic amines) is 1. The fourth-order valence-corrected chi connectivity index (χ4v) is 4.32. The summed E-state index contributed by atoms with van der Waals surface area (Å²) in [6.45, 7) is 4.41. The molecule has 1 aliphatic heterocycles. The van der Waals surface area contributed by atoms with Crippen LogP contribution in [0.25, 0.3) is 0 Å². The Balaban J connectivity index is 1.78. The standard InChI is InChI=1S/C19H25N3O2S/c1-13(18-8-6-12-25-18)20-19(24)17-10-9-15(21(17)3)16-7-4-5-11-22(16)14(2)23/h6,8-10,12-13,16H,4-5,7,11H2,1-3H3,(H,20,24)/t13-,16-/m0/s1. The van der Waals surface area contributed by atoms with E-state index in [9.17, 15) is 9.59 Å². The average molecular weight is 359 g/mol. The SMILES string of the molecule is CC(=O)N1CCCC[C@H]1c1ccc(C(=O)N[C@@H](C)c2cccs2)n1C. The fraction of sp³-hybridized carbons (Fsp3) is 0.474. The van der Waals surface area contributed by atoms with Crippen molar-refractivity contribution < 1.29 is 9.59 Å². The molecule has 0 aliphatic carbocycles. The minimum absolute atomic E-state index is 0.0192. The Bertz CT molecular complexity index is 751. The monoisotopic (exact) mass is 359 g/mol. The second-order valence-corrected chi connectivity index (χ2v) is 7.62. The van der Waals surface area contributed by atoms with Gasteiger partial charge in [0.1, 0.15) is 5.69 Å². The number of amides is 2. The van der Waals surface area contributed by atoms with E-state index in [1.54, 1.807) is 18.3 Å². The third kappa shape index (κ3) is 3.63. The number of hydrogen-bond acceptors (Lipinski definition) is 3. The summed E-state index contributed by atoms with van der Waals surface area (Å²) in [5.41, 5.74) is 1.66. The molecule has 3 heterocycles. The number of aromatic nitrogens is 1. The number of hydrogen-bond donors (Lipinski definition) is 1. The minimum Gasteiger partial charge on any atom is -0.343 e. The summed E-state index contributed by atoms with van der Waals surface area (Å²) in [7, 11) is 1.91. The van der Waals surface area contributed by atoms with Crippen LogP contribution in [0.15, 0.2) is 29.6 Å². The number of carbonyl (C=O) groups is 2. The quantitative estimate of drug-likeness (QED) is 0.906. The van der Waals surface area contributed by atoms with Crippen molar-refractivity contribution in [2.75, 3.05) is 6.54 Å². The van der Waals surface area contributed by atoms with Crippen LogP contribution >= 0.6 is 11.3 Å². The average Bonchev–Trinajstić information content (AvgIpc) is 3.24. The van der Waals surface area contributed by atoms with Crippen molar-refractivity contribution in [3.8, 4) is 0 Å². The van der Waals surface area contributed by atoms with Crippen molar-refractivity contribution in [1.82, 2.24) is 14.8 Å². The van der Waals surface area contributed by atoms with Crippen LogP contribution in [-0.4, -0.2) is 27.8 Å². The van der Waals surface area contributed by atoms with E-state index in [-0.39, 0.29) is 23.9 Å². The molecule has 134 valence electrons. The molecule has 0 bridgehead atoms.